The van der Waals surface area contributed by atoms with E-state index in [1.165, 1.54) is 49.7 Å². The molecular weight excluding hydrogens is 198 g/mol. The molecule has 3 rings (SSSR count). The van der Waals surface area contributed by atoms with E-state index in [4.69, 9.17) is 0 Å². The first kappa shape index (κ1) is 10.3. The molecule has 1 heterocycles. The zero-order valence-corrected chi connectivity index (χ0v) is 9.71. The minimum atomic E-state index is 0.0934. The highest BCUT2D eigenvalue weighted by Gasteiger charge is 2.37. The van der Waals surface area contributed by atoms with Crippen molar-refractivity contribution in [2.75, 3.05) is 0 Å². The van der Waals surface area contributed by atoms with E-state index in [0.29, 0.717) is 5.41 Å². The number of aliphatic hydroxyl groups is 1. The van der Waals surface area contributed by atoms with Crippen LogP contribution in [0.15, 0.2) is 12.3 Å². The van der Waals surface area contributed by atoms with Gasteiger partial charge in [0.05, 0.1) is 12.3 Å². The minimum Gasteiger partial charge on any atom is -0.390 e. The third kappa shape index (κ3) is 1.56. The van der Waals surface area contributed by atoms with Crippen LogP contribution in [0.25, 0.3) is 0 Å². The Kier molecular flexibility index (Phi) is 2.47. The number of fused-ring (bicyclic) bond motifs is 1. The quantitative estimate of drug-likeness (QED) is 0.784. The number of nitrogens with zero attached hydrogens (tertiary/aromatic N) is 1. The van der Waals surface area contributed by atoms with Crippen LogP contribution in [0.4, 0.5) is 0 Å². The fourth-order valence-electron chi connectivity index (χ4n) is 3.62. The predicted molar refractivity (Wildman–Crippen MR) is 63.1 cm³/mol. The van der Waals surface area contributed by atoms with Crippen LogP contribution in [-0.4, -0.2) is 10.1 Å². The monoisotopic (exact) mass is 217 g/mol. The van der Waals surface area contributed by atoms with Crippen LogP contribution in [0.2, 0.25) is 0 Å². The first-order valence-corrected chi connectivity index (χ1v) is 6.39. The van der Waals surface area contributed by atoms with E-state index in [9.17, 15) is 5.11 Å². The summed E-state index contributed by atoms with van der Waals surface area (Å²) >= 11 is 0. The van der Waals surface area contributed by atoms with Crippen molar-refractivity contribution in [1.29, 1.82) is 0 Å². The lowest BCUT2D eigenvalue weighted by molar-refractivity contribution is 0.246. The molecule has 0 atom stereocenters. The van der Waals surface area contributed by atoms with E-state index in [1.54, 1.807) is 0 Å². The average molecular weight is 217 g/mol. The zero-order valence-electron chi connectivity index (χ0n) is 9.71. The fraction of sp³-hybridized carbons (Fsp3) is 0.643. The van der Waals surface area contributed by atoms with Crippen LogP contribution >= 0.6 is 0 Å². The highest BCUT2D eigenvalue weighted by atomic mass is 16.3. The maximum atomic E-state index is 9.29. The summed E-state index contributed by atoms with van der Waals surface area (Å²) < 4.78 is 0. The van der Waals surface area contributed by atoms with Gasteiger partial charge in [-0.25, -0.2) is 0 Å². The topological polar surface area (TPSA) is 33.1 Å². The predicted octanol–water partition coefficient (Wildman–Crippen LogP) is 2.62. The lowest BCUT2D eigenvalue weighted by Gasteiger charge is -2.35. The Morgan fingerprint density at radius 2 is 2.06 bits per heavy atom. The molecule has 16 heavy (non-hydrogen) atoms. The molecule has 1 aromatic rings. The van der Waals surface area contributed by atoms with E-state index >= 15 is 0 Å². The van der Waals surface area contributed by atoms with Gasteiger partial charge in [0.2, 0.25) is 0 Å². The largest absolute Gasteiger partial charge is 0.390 e. The molecule has 86 valence electrons. The number of pyridine rings is 1. The maximum absolute atomic E-state index is 9.29. The molecule has 2 nitrogen and oxygen atoms in total. The highest BCUT2D eigenvalue weighted by molar-refractivity contribution is 5.33. The van der Waals surface area contributed by atoms with Crippen LogP contribution in [0.1, 0.15) is 48.9 Å². The van der Waals surface area contributed by atoms with E-state index in [2.05, 4.69) is 11.1 Å². The van der Waals surface area contributed by atoms with E-state index < -0.39 is 0 Å². The van der Waals surface area contributed by atoms with E-state index in [0.717, 1.165) is 12.1 Å². The van der Waals surface area contributed by atoms with Crippen LogP contribution in [0.3, 0.4) is 0 Å². The van der Waals surface area contributed by atoms with E-state index in [-0.39, 0.29) is 6.61 Å². The molecule has 2 aliphatic rings. The third-order valence-corrected chi connectivity index (χ3v) is 4.53. The summed E-state index contributed by atoms with van der Waals surface area (Å²) in [7, 11) is 0. The Bertz CT molecular complexity index is 394. The van der Waals surface area contributed by atoms with Crippen molar-refractivity contribution in [3.63, 3.8) is 0 Å². The van der Waals surface area contributed by atoms with Crippen molar-refractivity contribution in [2.45, 2.75) is 51.6 Å². The fourth-order valence-corrected chi connectivity index (χ4v) is 3.62. The molecule has 2 heteroatoms. The summed E-state index contributed by atoms with van der Waals surface area (Å²) in [4.78, 5) is 4.28. The van der Waals surface area contributed by atoms with E-state index in [1.807, 2.05) is 6.20 Å². The van der Waals surface area contributed by atoms with Crippen LogP contribution < -0.4 is 0 Å². The van der Waals surface area contributed by atoms with Crippen molar-refractivity contribution < 1.29 is 5.11 Å². The molecule has 1 aromatic heterocycles. The van der Waals surface area contributed by atoms with Crippen LogP contribution in [0, 0.1) is 5.41 Å². The van der Waals surface area contributed by atoms with Crippen molar-refractivity contribution in [1.82, 2.24) is 4.98 Å². The standard InChI is InChI=1S/C14H19NO/c16-10-13-12-3-7-14(5-1-2-6-14)9-11(12)4-8-15-13/h4,8,16H,1-3,5-7,9-10H2. The summed E-state index contributed by atoms with van der Waals surface area (Å²) in [5.41, 5.74) is 4.29. The molecular formula is C14H19NO. The Hall–Kier alpha value is -0.890. The first-order valence-electron chi connectivity index (χ1n) is 6.39. The van der Waals surface area contributed by atoms with Crippen LogP contribution in [0.5, 0.6) is 0 Å². The molecule has 0 aromatic carbocycles. The third-order valence-electron chi connectivity index (χ3n) is 4.53. The van der Waals surface area contributed by atoms with Gasteiger partial charge in [0.15, 0.2) is 0 Å². The van der Waals surface area contributed by atoms with Gasteiger partial charge < -0.3 is 5.11 Å². The van der Waals surface area contributed by atoms with Gasteiger partial charge in [0.1, 0.15) is 0 Å². The van der Waals surface area contributed by atoms with Gasteiger partial charge in [-0.3, -0.25) is 4.98 Å². The molecule has 0 radical (unpaired) electrons. The molecule has 1 spiro atoms. The number of rotatable bonds is 1. The second kappa shape index (κ2) is 3.85. The Morgan fingerprint density at radius 1 is 1.25 bits per heavy atom. The first-order chi connectivity index (χ1) is 7.83. The highest BCUT2D eigenvalue weighted by Crippen LogP contribution is 2.47. The molecule has 1 saturated carbocycles. The molecule has 1 N–H and O–H groups in total. The molecule has 0 saturated heterocycles. The summed E-state index contributed by atoms with van der Waals surface area (Å²) in [6, 6.07) is 2.16. The number of aliphatic hydroxyl groups excluding tert-OH is 1. The van der Waals surface area contributed by atoms with Gasteiger partial charge in [-0.15, -0.1) is 0 Å². The molecule has 2 aliphatic carbocycles. The smallest absolute Gasteiger partial charge is 0.0855 e. The Labute approximate surface area is 96.7 Å². The van der Waals surface area contributed by atoms with Crippen molar-refractivity contribution in [3.8, 4) is 0 Å². The molecule has 0 unspecified atom stereocenters. The lowest BCUT2D eigenvalue weighted by atomic mass is 9.70. The molecule has 1 fully saturated rings. The lowest BCUT2D eigenvalue weighted by Crippen LogP contribution is -2.26. The molecule has 0 amide bonds. The van der Waals surface area contributed by atoms with Gasteiger partial charge >= 0.3 is 0 Å². The summed E-state index contributed by atoms with van der Waals surface area (Å²) in [6.07, 6.45) is 11.1. The van der Waals surface area contributed by atoms with Gasteiger partial charge in [0, 0.05) is 6.20 Å². The maximum Gasteiger partial charge on any atom is 0.0855 e. The summed E-state index contributed by atoms with van der Waals surface area (Å²) in [5, 5.41) is 9.29. The molecule has 0 aliphatic heterocycles. The number of hydrogen-bond donors (Lipinski definition) is 1. The second-order valence-corrected chi connectivity index (χ2v) is 5.44. The van der Waals surface area contributed by atoms with Gasteiger partial charge in [0.25, 0.3) is 0 Å². The van der Waals surface area contributed by atoms with Crippen molar-refractivity contribution in [3.05, 3.63) is 29.1 Å². The second-order valence-electron chi connectivity index (χ2n) is 5.44. The van der Waals surface area contributed by atoms with Crippen molar-refractivity contribution >= 4 is 0 Å². The van der Waals surface area contributed by atoms with Gasteiger partial charge in [-0.05, 0) is 54.7 Å². The Morgan fingerprint density at radius 3 is 2.81 bits per heavy atom. The SMILES string of the molecule is OCc1nccc2c1CCC1(CCCC1)C2. The van der Waals surface area contributed by atoms with Gasteiger partial charge in [-0.2, -0.15) is 0 Å². The van der Waals surface area contributed by atoms with Gasteiger partial charge in [-0.1, -0.05) is 12.8 Å². The zero-order chi connectivity index (χ0) is 11.0. The summed E-state index contributed by atoms with van der Waals surface area (Å²) in [6.45, 7) is 0.0934. The Balaban J connectivity index is 1.94. The average Bonchev–Trinajstić information content (AvgIpc) is 2.76. The van der Waals surface area contributed by atoms with Crippen LogP contribution in [-0.2, 0) is 19.4 Å². The number of aromatic nitrogens is 1. The summed E-state index contributed by atoms with van der Waals surface area (Å²) in [5.74, 6) is 0. The number of hydrogen-bond acceptors (Lipinski definition) is 2. The molecule has 0 bridgehead atoms. The minimum absolute atomic E-state index is 0.0934. The van der Waals surface area contributed by atoms with Crippen molar-refractivity contribution in [2.24, 2.45) is 5.41 Å². The normalized spacial score (nSPS) is 22.3.